The molecule has 19 heavy (non-hydrogen) atoms. The zero-order chi connectivity index (χ0) is 13.8. The van der Waals surface area contributed by atoms with Crippen molar-refractivity contribution >= 4 is 35.0 Å². The minimum atomic E-state index is -0.151. The van der Waals surface area contributed by atoms with Crippen LogP contribution in [0.25, 0.3) is 0 Å². The van der Waals surface area contributed by atoms with E-state index >= 15 is 0 Å². The number of rotatable bonds is 4. The van der Waals surface area contributed by atoms with Gasteiger partial charge in [0.15, 0.2) is 0 Å². The topological polar surface area (TPSA) is 55.1 Å². The molecule has 1 saturated carbocycles. The fourth-order valence-electron chi connectivity index (χ4n) is 2.25. The highest BCUT2D eigenvalue weighted by atomic mass is 35.5. The molecule has 0 radical (unpaired) electrons. The summed E-state index contributed by atoms with van der Waals surface area (Å²) in [5.41, 5.74) is 6.29. The van der Waals surface area contributed by atoms with Crippen molar-refractivity contribution in [3.8, 4) is 0 Å². The van der Waals surface area contributed by atoms with E-state index < -0.39 is 0 Å². The number of nitrogens with one attached hydrogen (secondary N) is 1. The zero-order valence-electron chi connectivity index (χ0n) is 11.0. The Balaban J connectivity index is 1.92. The van der Waals surface area contributed by atoms with E-state index in [0.29, 0.717) is 16.8 Å². The smallest absolute Gasteiger partial charge is 0.233 e. The molecular formula is C14H19ClN2OS. The summed E-state index contributed by atoms with van der Waals surface area (Å²) in [7, 11) is 0. The molecule has 0 aromatic heterocycles. The second kappa shape index (κ2) is 6.53. The van der Waals surface area contributed by atoms with Crippen LogP contribution in [0.1, 0.15) is 32.6 Å². The number of hydrogen-bond donors (Lipinski definition) is 2. The van der Waals surface area contributed by atoms with Gasteiger partial charge in [0.25, 0.3) is 0 Å². The molecule has 2 rings (SSSR count). The van der Waals surface area contributed by atoms with Crippen LogP contribution in [0.3, 0.4) is 0 Å². The second-order valence-electron chi connectivity index (χ2n) is 4.94. The lowest BCUT2D eigenvalue weighted by Crippen LogP contribution is -2.37. The van der Waals surface area contributed by atoms with Crippen molar-refractivity contribution in [1.82, 2.24) is 5.32 Å². The standard InChI is InChI=1S/C14H19ClN2OS/c1-9(14(18)17-11-4-2-3-5-11)19-13-7-6-10(16)8-12(13)15/h6-9,11H,2-5,16H2,1H3,(H,17,18). The third-order valence-corrected chi connectivity index (χ3v) is 4.93. The Bertz CT molecular complexity index is 461. The largest absolute Gasteiger partial charge is 0.399 e. The average Bonchev–Trinajstić information content (AvgIpc) is 2.85. The normalized spacial score (nSPS) is 17.4. The summed E-state index contributed by atoms with van der Waals surface area (Å²) in [4.78, 5) is 13.0. The van der Waals surface area contributed by atoms with Crippen LogP contribution >= 0.6 is 23.4 Å². The predicted molar refractivity (Wildman–Crippen MR) is 81.6 cm³/mol. The summed E-state index contributed by atoms with van der Waals surface area (Å²) < 4.78 is 0. The van der Waals surface area contributed by atoms with Crippen molar-refractivity contribution < 1.29 is 4.79 Å². The number of carbonyl (C=O) groups excluding carboxylic acids is 1. The number of amides is 1. The quantitative estimate of drug-likeness (QED) is 0.661. The molecule has 104 valence electrons. The molecule has 1 unspecified atom stereocenters. The van der Waals surface area contributed by atoms with Gasteiger partial charge in [-0.3, -0.25) is 4.79 Å². The SMILES string of the molecule is CC(Sc1ccc(N)cc1Cl)C(=O)NC1CCCC1. The number of nitrogens with two attached hydrogens (primary N) is 1. The summed E-state index contributed by atoms with van der Waals surface area (Å²) in [5.74, 6) is 0.0878. The van der Waals surface area contributed by atoms with Gasteiger partial charge < -0.3 is 11.1 Å². The molecule has 1 atom stereocenters. The summed E-state index contributed by atoms with van der Waals surface area (Å²) in [6, 6.07) is 5.74. The molecule has 0 bridgehead atoms. The lowest BCUT2D eigenvalue weighted by Gasteiger charge is -2.16. The number of hydrogen-bond acceptors (Lipinski definition) is 3. The molecule has 1 aromatic carbocycles. The number of carbonyl (C=O) groups is 1. The Hall–Kier alpha value is -0.870. The van der Waals surface area contributed by atoms with Gasteiger partial charge >= 0.3 is 0 Å². The fraction of sp³-hybridized carbons (Fsp3) is 0.500. The van der Waals surface area contributed by atoms with Crippen LogP contribution in [0.4, 0.5) is 5.69 Å². The fourth-order valence-corrected chi connectivity index (χ4v) is 3.44. The maximum atomic E-state index is 12.1. The summed E-state index contributed by atoms with van der Waals surface area (Å²) in [5, 5.41) is 3.55. The molecule has 0 saturated heterocycles. The van der Waals surface area contributed by atoms with E-state index in [-0.39, 0.29) is 11.2 Å². The van der Waals surface area contributed by atoms with Gasteiger partial charge in [-0.2, -0.15) is 0 Å². The zero-order valence-corrected chi connectivity index (χ0v) is 12.6. The van der Waals surface area contributed by atoms with Crippen molar-refractivity contribution in [2.75, 3.05) is 5.73 Å². The van der Waals surface area contributed by atoms with Crippen molar-refractivity contribution in [1.29, 1.82) is 0 Å². The highest BCUT2D eigenvalue weighted by Gasteiger charge is 2.21. The average molecular weight is 299 g/mol. The van der Waals surface area contributed by atoms with E-state index in [1.54, 1.807) is 12.1 Å². The molecule has 0 spiro atoms. The molecule has 0 aliphatic heterocycles. The van der Waals surface area contributed by atoms with Crippen LogP contribution in [-0.4, -0.2) is 17.2 Å². The summed E-state index contributed by atoms with van der Waals surface area (Å²) >= 11 is 7.59. The Labute approximate surface area is 123 Å². The van der Waals surface area contributed by atoms with Crippen LogP contribution < -0.4 is 11.1 Å². The third kappa shape index (κ3) is 4.05. The van der Waals surface area contributed by atoms with Crippen molar-refractivity contribution in [3.63, 3.8) is 0 Å². The lowest BCUT2D eigenvalue weighted by atomic mass is 10.2. The number of anilines is 1. The third-order valence-electron chi connectivity index (χ3n) is 3.33. The minimum absolute atomic E-state index is 0.0878. The maximum Gasteiger partial charge on any atom is 0.233 e. The first-order valence-electron chi connectivity index (χ1n) is 6.58. The molecule has 1 aliphatic rings. The number of halogens is 1. The Morgan fingerprint density at radius 1 is 1.47 bits per heavy atom. The molecule has 0 heterocycles. The van der Waals surface area contributed by atoms with E-state index in [1.165, 1.54) is 24.6 Å². The lowest BCUT2D eigenvalue weighted by molar-refractivity contribution is -0.120. The van der Waals surface area contributed by atoms with Gasteiger partial charge in [-0.1, -0.05) is 24.4 Å². The van der Waals surface area contributed by atoms with Gasteiger partial charge in [-0.05, 0) is 38.0 Å². The van der Waals surface area contributed by atoms with E-state index in [9.17, 15) is 4.79 Å². The van der Waals surface area contributed by atoms with Crippen molar-refractivity contribution in [3.05, 3.63) is 23.2 Å². The molecule has 1 aromatic rings. The van der Waals surface area contributed by atoms with Crippen LogP contribution in [-0.2, 0) is 4.79 Å². The van der Waals surface area contributed by atoms with E-state index in [0.717, 1.165) is 17.7 Å². The van der Waals surface area contributed by atoms with E-state index in [2.05, 4.69) is 5.32 Å². The van der Waals surface area contributed by atoms with Gasteiger partial charge in [-0.15, -0.1) is 11.8 Å². The first-order chi connectivity index (χ1) is 9.06. The van der Waals surface area contributed by atoms with Crippen LogP contribution in [0.15, 0.2) is 23.1 Å². The first-order valence-corrected chi connectivity index (χ1v) is 7.84. The second-order valence-corrected chi connectivity index (χ2v) is 6.73. The van der Waals surface area contributed by atoms with Gasteiger partial charge in [0.1, 0.15) is 0 Å². The van der Waals surface area contributed by atoms with Crippen LogP contribution in [0.5, 0.6) is 0 Å². The first kappa shape index (κ1) is 14.5. The Kier molecular flexibility index (Phi) is 4.99. The maximum absolute atomic E-state index is 12.1. The molecule has 3 nitrogen and oxygen atoms in total. The predicted octanol–water partition coefficient (Wildman–Crippen LogP) is 3.46. The van der Waals surface area contributed by atoms with Crippen molar-refractivity contribution in [2.45, 2.75) is 48.8 Å². The molecular weight excluding hydrogens is 280 g/mol. The molecule has 3 N–H and O–H groups in total. The Morgan fingerprint density at radius 3 is 2.79 bits per heavy atom. The molecule has 1 amide bonds. The van der Waals surface area contributed by atoms with Gasteiger partial charge in [0.2, 0.25) is 5.91 Å². The van der Waals surface area contributed by atoms with Gasteiger partial charge in [0, 0.05) is 16.6 Å². The van der Waals surface area contributed by atoms with Crippen LogP contribution in [0, 0.1) is 0 Å². The monoisotopic (exact) mass is 298 g/mol. The highest BCUT2D eigenvalue weighted by Crippen LogP contribution is 2.32. The van der Waals surface area contributed by atoms with E-state index in [4.69, 9.17) is 17.3 Å². The number of benzene rings is 1. The van der Waals surface area contributed by atoms with Crippen molar-refractivity contribution in [2.24, 2.45) is 0 Å². The highest BCUT2D eigenvalue weighted by molar-refractivity contribution is 8.00. The van der Waals surface area contributed by atoms with Crippen LogP contribution in [0.2, 0.25) is 5.02 Å². The van der Waals surface area contributed by atoms with Gasteiger partial charge in [0.05, 0.1) is 10.3 Å². The molecule has 1 fully saturated rings. The number of thioether (sulfide) groups is 1. The molecule has 1 aliphatic carbocycles. The minimum Gasteiger partial charge on any atom is -0.399 e. The summed E-state index contributed by atoms with van der Waals surface area (Å²) in [6.07, 6.45) is 4.64. The molecule has 5 heteroatoms. The summed E-state index contributed by atoms with van der Waals surface area (Å²) in [6.45, 7) is 1.90. The van der Waals surface area contributed by atoms with E-state index in [1.807, 2.05) is 13.0 Å². The number of nitrogen functional groups attached to an aromatic ring is 1. The Morgan fingerprint density at radius 2 is 2.16 bits per heavy atom. The van der Waals surface area contributed by atoms with Gasteiger partial charge in [-0.25, -0.2) is 0 Å².